The zero-order valence-electron chi connectivity index (χ0n) is 23.5. The first-order valence-corrected chi connectivity index (χ1v) is 13.9. The lowest BCUT2D eigenvalue weighted by molar-refractivity contribution is 0.112. The number of carbonyl (C=O) groups is 1. The van der Waals surface area contributed by atoms with E-state index < -0.39 is 0 Å². The fraction of sp³-hybridized carbons (Fsp3) is 0. The summed E-state index contributed by atoms with van der Waals surface area (Å²) in [6.07, 6.45) is 0.786. The summed E-state index contributed by atoms with van der Waals surface area (Å²) in [7, 11) is 0. The second-order valence-corrected chi connectivity index (χ2v) is 10.7. The number of fused-ring (bicyclic) bond motifs is 6. The lowest BCUT2D eigenvalue weighted by Crippen LogP contribution is -1.91. The van der Waals surface area contributed by atoms with Gasteiger partial charge in [0.2, 0.25) is 0 Å². The van der Waals surface area contributed by atoms with Crippen molar-refractivity contribution in [2.45, 2.75) is 0 Å². The number of phenolic OH excluding ortho intramolecular Hbond substituents is 1. The summed E-state index contributed by atoms with van der Waals surface area (Å²) in [4.78, 5) is 11.2. The Hall–Kier alpha value is -6.99. The summed E-state index contributed by atoms with van der Waals surface area (Å²) in [6.45, 7) is 0. The Bertz CT molecular complexity index is 2340. The van der Waals surface area contributed by atoms with Gasteiger partial charge in [0.05, 0.1) is 0 Å². The van der Waals surface area contributed by atoms with Gasteiger partial charge in [0, 0.05) is 16.7 Å². The molecule has 6 heteroatoms. The summed E-state index contributed by atoms with van der Waals surface area (Å²) < 4.78 is 0. The molecule has 0 spiro atoms. The molecule has 1 N–H and O–H groups in total. The highest BCUT2D eigenvalue weighted by Gasteiger charge is 2.34. The maximum atomic E-state index is 11.2. The summed E-state index contributed by atoms with van der Waals surface area (Å²) in [5.74, 6) is 0.153. The van der Waals surface area contributed by atoms with Crippen molar-refractivity contribution in [3.63, 3.8) is 0 Å². The van der Waals surface area contributed by atoms with E-state index in [0.29, 0.717) is 16.7 Å². The predicted molar refractivity (Wildman–Crippen MR) is 170 cm³/mol. The molecule has 206 valence electrons. The first-order chi connectivity index (χ1) is 22.0. The van der Waals surface area contributed by atoms with Crippen molar-refractivity contribution in [3.05, 3.63) is 136 Å². The van der Waals surface area contributed by atoms with E-state index in [2.05, 4.69) is 24.3 Å². The molecule has 45 heavy (non-hydrogen) atoms. The predicted octanol–water partition coefficient (Wildman–Crippen LogP) is 8.20. The number of rotatable bonds is 3. The van der Waals surface area contributed by atoms with Crippen molar-refractivity contribution < 1.29 is 9.90 Å². The zero-order chi connectivity index (χ0) is 31.2. The summed E-state index contributed by atoms with van der Waals surface area (Å²) in [5, 5.41) is 49.8. The Kier molecular flexibility index (Phi) is 6.20. The second-order valence-electron chi connectivity index (χ2n) is 10.7. The normalized spacial score (nSPS) is 11.6. The molecule has 0 fully saturated rings. The molecule has 6 nitrogen and oxygen atoms in total. The number of hydrogen-bond acceptors (Lipinski definition) is 6. The van der Waals surface area contributed by atoms with Crippen LogP contribution in [-0.2, 0) is 0 Å². The van der Waals surface area contributed by atoms with Gasteiger partial charge in [-0.25, -0.2) is 0 Å². The largest absolute Gasteiger partial charge is 0.508 e. The fourth-order valence-corrected chi connectivity index (χ4v) is 6.30. The smallest absolute Gasteiger partial charge is 0.150 e. The molecule has 0 bridgehead atoms. The fourth-order valence-electron chi connectivity index (χ4n) is 6.30. The number of nitrogens with zero attached hydrogens (tertiary/aromatic N) is 4. The minimum Gasteiger partial charge on any atom is -0.508 e. The topological polar surface area (TPSA) is 132 Å². The average molecular weight is 575 g/mol. The third kappa shape index (κ3) is 4.11. The SMILES string of the molecule is N#CC(C#N)=C1c2cc(-c3ccc(O)cc3)ccc2-c2cc3c(cc21)-c1ccc(-c2ccc(C=O)cc2)cc1C3=C(C#N)C#N. The molecular formula is C39H18N4O2. The minimum absolute atomic E-state index is 0.0179. The monoisotopic (exact) mass is 574 g/mol. The van der Waals surface area contributed by atoms with Crippen LogP contribution in [0.1, 0.15) is 32.6 Å². The summed E-state index contributed by atoms with van der Waals surface area (Å²) >= 11 is 0. The Labute approximate surface area is 258 Å². The molecule has 7 rings (SSSR count). The third-order valence-corrected chi connectivity index (χ3v) is 8.38. The second kappa shape index (κ2) is 10.4. The molecular weight excluding hydrogens is 556 g/mol. The number of benzene rings is 5. The maximum Gasteiger partial charge on any atom is 0.150 e. The van der Waals surface area contributed by atoms with E-state index in [9.17, 15) is 30.9 Å². The van der Waals surface area contributed by atoms with Crippen LogP contribution in [0, 0.1) is 45.3 Å². The minimum atomic E-state index is -0.0187. The summed E-state index contributed by atoms with van der Waals surface area (Å²) in [6, 6.07) is 37.9. The molecule has 0 atom stereocenters. The molecule has 0 aliphatic heterocycles. The number of carbonyl (C=O) groups excluding carboxylic acids is 1. The van der Waals surface area contributed by atoms with E-state index in [0.717, 1.165) is 73.0 Å². The maximum absolute atomic E-state index is 11.2. The quantitative estimate of drug-likeness (QED) is 0.167. The highest BCUT2D eigenvalue weighted by atomic mass is 16.3. The van der Waals surface area contributed by atoms with Gasteiger partial charge in [-0.05, 0) is 103 Å². The van der Waals surface area contributed by atoms with Gasteiger partial charge in [-0.2, -0.15) is 21.0 Å². The molecule has 0 radical (unpaired) electrons. The standard InChI is InChI=1S/C39H18N4O2/c40-17-27(18-41)38-34-13-25(23-3-1-22(21-44)2-4-23)7-11-30(34)32-15-37-33(16-36(32)38)31-12-8-26(24-5-9-29(45)10-6-24)14-35(31)39(37)28(19-42)20-43/h1-16,21,45H. The van der Waals surface area contributed by atoms with Crippen molar-refractivity contribution in [3.8, 4) is 74.5 Å². The molecule has 0 amide bonds. The molecule has 0 unspecified atom stereocenters. The van der Waals surface area contributed by atoms with Crippen molar-refractivity contribution >= 4 is 17.4 Å². The molecule has 5 aromatic carbocycles. The number of aldehydes is 1. The molecule has 0 aromatic heterocycles. The van der Waals surface area contributed by atoms with Crippen LogP contribution in [0.15, 0.2) is 108 Å². The van der Waals surface area contributed by atoms with Crippen molar-refractivity contribution in [1.29, 1.82) is 21.0 Å². The van der Waals surface area contributed by atoms with Gasteiger partial charge in [0.25, 0.3) is 0 Å². The van der Waals surface area contributed by atoms with Gasteiger partial charge >= 0.3 is 0 Å². The number of phenols is 1. The zero-order valence-corrected chi connectivity index (χ0v) is 23.5. The highest BCUT2D eigenvalue weighted by Crippen LogP contribution is 2.54. The Morgan fingerprint density at radius 3 is 1.24 bits per heavy atom. The lowest BCUT2D eigenvalue weighted by Gasteiger charge is -2.08. The Morgan fingerprint density at radius 1 is 0.467 bits per heavy atom. The molecule has 0 saturated heterocycles. The molecule has 2 aliphatic rings. The Morgan fingerprint density at radius 2 is 0.844 bits per heavy atom. The van der Waals surface area contributed by atoms with E-state index in [-0.39, 0.29) is 16.9 Å². The molecule has 0 saturated carbocycles. The number of aromatic hydroxyl groups is 1. The summed E-state index contributed by atoms with van der Waals surface area (Å²) in [5.41, 5.74) is 11.2. The van der Waals surface area contributed by atoms with Gasteiger partial charge in [-0.3, -0.25) is 4.79 Å². The highest BCUT2D eigenvalue weighted by molar-refractivity contribution is 6.11. The van der Waals surface area contributed by atoms with Crippen LogP contribution >= 0.6 is 0 Å². The Balaban J connectivity index is 1.47. The van der Waals surface area contributed by atoms with E-state index in [4.69, 9.17) is 0 Å². The van der Waals surface area contributed by atoms with Gasteiger partial charge < -0.3 is 5.11 Å². The van der Waals surface area contributed by atoms with Crippen LogP contribution in [0.3, 0.4) is 0 Å². The van der Waals surface area contributed by atoms with Crippen LogP contribution in [0.25, 0.3) is 55.7 Å². The van der Waals surface area contributed by atoms with Crippen LogP contribution in [0.4, 0.5) is 0 Å². The van der Waals surface area contributed by atoms with E-state index in [1.165, 1.54) is 0 Å². The van der Waals surface area contributed by atoms with Crippen molar-refractivity contribution in [2.75, 3.05) is 0 Å². The number of nitriles is 4. The van der Waals surface area contributed by atoms with Gasteiger partial charge in [0.15, 0.2) is 0 Å². The molecule has 5 aromatic rings. The average Bonchev–Trinajstić information content (AvgIpc) is 3.57. The van der Waals surface area contributed by atoms with Gasteiger partial charge in [-0.15, -0.1) is 0 Å². The number of allylic oxidation sites excluding steroid dienone is 2. The first-order valence-electron chi connectivity index (χ1n) is 13.9. The third-order valence-electron chi connectivity index (χ3n) is 8.38. The number of hydrogen-bond donors (Lipinski definition) is 1. The van der Waals surface area contributed by atoms with Crippen LogP contribution < -0.4 is 0 Å². The van der Waals surface area contributed by atoms with Crippen molar-refractivity contribution in [1.82, 2.24) is 0 Å². The van der Waals surface area contributed by atoms with Gasteiger partial charge in [0.1, 0.15) is 47.5 Å². The van der Waals surface area contributed by atoms with E-state index >= 15 is 0 Å². The van der Waals surface area contributed by atoms with Crippen LogP contribution in [0.5, 0.6) is 5.75 Å². The van der Waals surface area contributed by atoms with E-state index in [1.807, 2.05) is 60.7 Å². The van der Waals surface area contributed by atoms with Crippen LogP contribution in [-0.4, -0.2) is 11.4 Å². The van der Waals surface area contributed by atoms with Crippen LogP contribution in [0.2, 0.25) is 0 Å². The molecule has 2 aliphatic carbocycles. The molecule has 0 heterocycles. The van der Waals surface area contributed by atoms with Gasteiger partial charge in [-0.1, -0.05) is 60.7 Å². The van der Waals surface area contributed by atoms with E-state index in [1.54, 1.807) is 36.4 Å². The van der Waals surface area contributed by atoms with Crippen molar-refractivity contribution in [2.24, 2.45) is 0 Å². The first kappa shape index (κ1) is 26.9. The lowest BCUT2D eigenvalue weighted by atomic mass is 9.93.